The summed E-state index contributed by atoms with van der Waals surface area (Å²) >= 11 is 0. The van der Waals surface area contributed by atoms with E-state index in [2.05, 4.69) is 243 Å². The van der Waals surface area contributed by atoms with Gasteiger partial charge in [0.05, 0.1) is 0 Å². The summed E-state index contributed by atoms with van der Waals surface area (Å²) in [5.41, 5.74) is 17.3. The zero-order valence-electron chi connectivity index (χ0n) is 37.8. The first-order valence-corrected chi connectivity index (χ1v) is 23.2. The summed E-state index contributed by atoms with van der Waals surface area (Å²) in [5, 5.41) is 7.50. The molecule has 0 atom stereocenters. The molecule has 65 heavy (non-hydrogen) atoms. The van der Waals surface area contributed by atoms with Crippen LogP contribution >= 0.6 is 0 Å². The summed E-state index contributed by atoms with van der Waals surface area (Å²) in [7, 11) is 0. The van der Waals surface area contributed by atoms with Crippen LogP contribution in [0.1, 0.15) is 39.7 Å². The van der Waals surface area contributed by atoms with Gasteiger partial charge in [0, 0.05) is 0 Å². The van der Waals surface area contributed by atoms with Crippen LogP contribution < -0.4 is 0 Å². The molecule has 0 heteroatoms. The second-order valence-electron chi connectivity index (χ2n) is 16.0. The number of rotatable bonds is 7. The zero-order valence-corrected chi connectivity index (χ0v) is 37.8. The smallest absolute Gasteiger partial charge is 0.00261 e. The fourth-order valence-corrected chi connectivity index (χ4v) is 9.32. The predicted molar refractivity (Wildman–Crippen MR) is 285 cm³/mol. The van der Waals surface area contributed by atoms with Crippen LogP contribution in [0.5, 0.6) is 0 Å². The minimum Gasteiger partial charge on any atom is -0.0801 e. The minimum atomic E-state index is 0.915. The molecule has 0 nitrogen and oxygen atoms in total. The molecule has 0 spiro atoms. The van der Waals surface area contributed by atoms with Crippen molar-refractivity contribution in [2.75, 3.05) is 0 Å². The highest BCUT2D eigenvalue weighted by Gasteiger charge is 2.18. The van der Waals surface area contributed by atoms with Gasteiger partial charge in [-0.15, -0.1) is 0 Å². The van der Waals surface area contributed by atoms with E-state index in [-0.39, 0.29) is 0 Å². The van der Waals surface area contributed by atoms with Gasteiger partial charge in [-0.1, -0.05) is 240 Å². The van der Waals surface area contributed by atoms with E-state index >= 15 is 0 Å². The molecule has 0 radical (unpaired) electrons. The Labute approximate surface area is 385 Å². The van der Waals surface area contributed by atoms with Crippen LogP contribution in [0.2, 0.25) is 0 Å². The van der Waals surface area contributed by atoms with E-state index in [1.165, 1.54) is 110 Å². The van der Waals surface area contributed by atoms with Crippen molar-refractivity contribution in [3.05, 3.63) is 248 Å². The lowest BCUT2D eigenvalue weighted by atomic mass is 9.84. The molecule has 10 aromatic rings. The molecule has 0 aliphatic heterocycles. The number of fused-ring (bicyclic) bond motifs is 3. The highest BCUT2D eigenvalue weighted by Crippen LogP contribution is 2.45. The maximum Gasteiger partial charge on any atom is -0.00261 e. The van der Waals surface area contributed by atoms with E-state index in [1.54, 1.807) is 0 Å². The quantitative estimate of drug-likeness (QED) is 0.140. The molecule has 0 aromatic heterocycles. The van der Waals surface area contributed by atoms with Crippen LogP contribution in [-0.4, -0.2) is 0 Å². The summed E-state index contributed by atoms with van der Waals surface area (Å²) in [6, 6.07) is 78.3. The van der Waals surface area contributed by atoms with Crippen molar-refractivity contribution in [3.63, 3.8) is 0 Å². The SMILES string of the molecule is C1=CC=C(c2cccc(-c3cc(-c4ccc(-c5cccc(-c6ccccc6)c5)cc4)c4cc(-c5c6ccccc6c(-c6ccccc6)c6ccccc56)ccc4c3)c2)CC=C1.CC.CC. The molecular formula is C65H54. The fourth-order valence-electron chi connectivity index (χ4n) is 9.32. The first-order valence-electron chi connectivity index (χ1n) is 23.2. The average Bonchev–Trinajstić information content (AvgIpc) is 3.69. The van der Waals surface area contributed by atoms with Crippen LogP contribution in [0.3, 0.4) is 0 Å². The molecule has 0 saturated carbocycles. The number of hydrogen-bond donors (Lipinski definition) is 0. The Balaban J connectivity index is 0.00000130. The highest BCUT2D eigenvalue weighted by atomic mass is 14.2. The van der Waals surface area contributed by atoms with Crippen LogP contribution in [-0.2, 0) is 0 Å². The van der Waals surface area contributed by atoms with Gasteiger partial charge >= 0.3 is 0 Å². The maximum atomic E-state index is 2.44. The van der Waals surface area contributed by atoms with Crippen molar-refractivity contribution in [2.24, 2.45) is 0 Å². The van der Waals surface area contributed by atoms with E-state index in [4.69, 9.17) is 0 Å². The fraction of sp³-hybridized carbons (Fsp3) is 0.0769. The average molecular weight is 835 g/mol. The standard InChI is InChI=1S/C61H42.2C2H6/c1-2-6-18-42(17-5-1)48-24-16-26-50(38-48)53-39-51-35-36-52(61-56-29-13-11-27-54(56)60(46-21-9-4-10-22-46)55-28-12-14-30-57(55)61)40-59(51)58(41-53)45-33-31-44(32-34-45)49-25-15-23-47(37-49)43-19-7-3-8-20-43;2*1-2/h1-17,19-41H,18H2;2*1-2H3. The van der Waals surface area contributed by atoms with Gasteiger partial charge in [0.25, 0.3) is 0 Å². The van der Waals surface area contributed by atoms with Crippen molar-refractivity contribution >= 4 is 37.9 Å². The summed E-state index contributed by atoms with van der Waals surface area (Å²) in [5.74, 6) is 0. The second-order valence-corrected chi connectivity index (χ2v) is 16.0. The zero-order chi connectivity index (χ0) is 44.5. The van der Waals surface area contributed by atoms with Crippen LogP contribution in [0.25, 0.3) is 105 Å². The van der Waals surface area contributed by atoms with E-state index in [9.17, 15) is 0 Å². The van der Waals surface area contributed by atoms with Crippen LogP contribution in [0, 0.1) is 0 Å². The first kappa shape index (κ1) is 42.5. The molecular weight excluding hydrogens is 781 g/mol. The van der Waals surface area contributed by atoms with Crippen molar-refractivity contribution in [1.29, 1.82) is 0 Å². The number of hydrogen-bond acceptors (Lipinski definition) is 0. The molecule has 0 N–H and O–H groups in total. The van der Waals surface area contributed by atoms with E-state index in [0.29, 0.717) is 0 Å². The Morgan fingerprint density at radius 1 is 0.277 bits per heavy atom. The Hall–Kier alpha value is -7.80. The number of allylic oxidation sites excluding steroid dienone is 6. The van der Waals surface area contributed by atoms with Gasteiger partial charge in [-0.05, 0) is 147 Å². The second kappa shape index (κ2) is 19.7. The molecule has 0 unspecified atom stereocenters. The first-order chi connectivity index (χ1) is 32.2. The highest BCUT2D eigenvalue weighted by molar-refractivity contribution is 6.22. The summed E-state index contributed by atoms with van der Waals surface area (Å²) < 4.78 is 0. The Morgan fingerprint density at radius 2 is 0.738 bits per heavy atom. The summed E-state index contributed by atoms with van der Waals surface area (Å²) in [6.07, 6.45) is 11.8. The lowest BCUT2D eigenvalue weighted by Gasteiger charge is -2.19. The molecule has 11 rings (SSSR count). The molecule has 1 aliphatic carbocycles. The van der Waals surface area contributed by atoms with Crippen molar-refractivity contribution in [3.8, 4) is 66.8 Å². The van der Waals surface area contributed by atoms with Gasteiger partial charge in [0.15, 0.2) is 0 Å². The lowest BCUT2D eigenvalue weighted by molar-refractivity contribution is 1.40. The van der Waals surface area contributed by atoms with Crippen LogP contribution in [0.15, 0.2) is 243 Å². The van der Waals surface area contributed by atoms with Gasteiger partial charge in [-0.25, -0.2) is 0 Å². The maximum absolute atomic E-state index is 2.44. The third-order valence-corrected chi connectivity index (χ3v) is 12.3. The van der Waals surface area contributed by atoms with Crippen LogP contribution in [0.4, 0.5) is 0 Å². The molecule has 0 fully saturated rings. The van der Waals surface area contributed by atoms with E-state index in [1.807, 2.05) is 27.7 Å². The Bertz CT molecular complexity index is 3290. The van der Waals surface area contributed by atoms with Crippen molar-refractivity contribution in [2.45, 2.75) is 34.1 Å². The summed E-state index contributed by atoms with van der Waals surface area (Å²) in [4.78, 5) is 0. The van der Waals surface area contributed by atoms with Crippen molar-refractivity contribution < 1.29 is 0 Å². The number of benzene rings is 10. The van der Waals surface area contributed by atoms with Gasteiger partial charge < -0.3 is 0 Å². The minimum absolute atomic E-state index is 0.915. The van der Waals surface area contributed by atoms with Gasteiger partial charge in [-0.3, -0.25) is 0 Å². The largest absolute Gasteiger partial charge is 0.0801 e. The molecule has 10 aromatic carbocycles. The monoisotopic (exact) mass is 834 g/mol. The molecule has 314 valence electrons. The topological polar surface area (TPSA) is 0 Å². The van der Waals surface area contributed by atoms with Gasteiger partial charge in [0.2, 0.25) is 0 Å². The normalized spacial score (nSPS) is 11.9. The van der Waals surface area contributed by atoms with Gasteiger partial charge in [-0.2, -0.15) is 0 Å². The summed E-state index contributed by atoms with van der Waals surface area (Å²) in [6.45, 7) is 8.00. The predicted octanol–water partition coefficient (Wildman–Crippen LogP) is 19.1. The Morgan fingerprint density at radius 3 is 1.35 bits per heavy atom. The Kier molecular flexibility index (Phi) is 12.9. The van der Waals surface area contributed by atoms with Crippen molar-refractivity contribution in [1.82, 2.24) is 0 Å². The molecule has 0 amide bonds. The van der Waals surface area contributed by atoms with E-state index in [0.717, 1.165) is 6.42 Å². The van der Waals surface area contributed by atoms with Gasteiger partial charge in [0.1, 0.15) is 0 Å². The van der Waals surface area contributed by atoms with E-state index < -0.39 is 0 Å². The molecule has 0 bridgehead atoms. The molecule has 0 saturated heterocycles. The third-order valence-electron chi connectivity index (χ3n) is 12.3. The lowest BCUT2D eigenvalue weighted by Crippen LogP contribution is -1.92. The molecule has 0 heterocycles. The third kappa shape index (κ3) is 8.64. The molecule has 1 aliphatic rings.